The van der Waals surface area contributed by atoms with Crippen LogP contribution >= 0.6 is 11.6 Å². The normalized spacial score (nSPS) is 15.7. The Morgan fingerprint density at radius 1 is 1.00 bits per heavy atom. The molecule has 4 amide bonds. The molecule has 1 N–H and O–H groups in total. The second-order valence-corrected chi connectivity index (χ2v) is 5.98. The molecule has 8 heteroatoms. The topological polar surface area (TPSA) is 84.9 Å². The highest BCUT2D eigenvalue weighted by atomic mass is 35.5. The van der Waals surface area contributed by atoms with Gasteiger partial charge < -0.3 is 9.47 Å². The molecule has 0 atom stereocenters. The van der Waals surface area contributed by atoms with Gasteiger partial charge in [0.15, 0.2) is 0 Å². The van der Waals surface area contributed by atoms with Crippen LogP contribution in [0.2, 0.25) is 5.02 Å². The van der Waals surface area contributed by atoms with Crippen molar-refractivity contribution in [2.45, 2.75) is 0 Å². The number of halogens is 1. The molecule has 2 aromatic rings. The van der Waals surface area contributed by atoms with Crippen LogP contribution in [0.5, 0.6) is 11.5 Å². The Labute approximate surface area is 160 Å². The lowest BCUT2D eigenvalue weighted by molar-refractivity contribution is -0.122. The molecule has 0 saturated carbocycles. The van der Waals surface area contributed by atoms with Crippen molar-refractivity contribution in [3.8, 4) is 11.5 Å². The van der Waals surface area contributed by atoms with Crippen LogP contribution in [0.25, 0.3) is 6.08 Å². The number of carbonyl (C=O) groups is 3. The molecule has 0 aromatic heterocycles. The van der Waals surface area contributed by atoms with E-state index in [1.807, 2.05) is 0 Å². The molecular weight excluding hydrogens is 372 g/mol. The monoisotopic (exact) mass is 386 g/mol. The van der Waals surface area contributed by atoms with Gasteiger partial charge in [-0.1, -0.05) is 11.6 Å². The number of anilines is 1. The number of urea groups is 1. The standard InChI is InChI=1S/C19H15ClN2O5/c1-26-14-6-4-13(5-7-14)22-18(24)15(17(23)21-19(22)25)10-11-9-12(20)3-8-16(11)27-2/h3-10H,1-2H3,(H,21,23,25)/b15-10+. The van der Waals surface area contributed by atoms with Crippen molar-refractivity contribution in [3.63, 3.8) is 0 Å². The van der Waals surface area contributed by atoms with Gasteiger partial charge in [-0.2, -0.15) is 0 Å². The van der Waals surface area contributed by atoms with Gasteiger partial charge in [-0.25, -0.2) is 9.69 Å². The highest BCUT2D eigenvalue weighted by Crippen LogP contribution is 2.28. The van der Waals surface area contributed by atoms with Crippen LogP contribution in [0, 0.1) is 0 Å². The number of rotatable bonds is 4. The first-order valence-corrected chi connectivity index (χ1v) is 8.21. The van der Waals surface area contributed by atoms with E-state index in [1.54, 1.807) is 42.5 Å². The van der Waals surface area contributed by atoms with Gasteiger partial charge in [-0.3, -0.25) is 14.9 Å². The van der Waals surface area contributed by atoms with Gasteiger partial charge in [0.2, 0.25) is 0 Å². The van der Waals surface area contributed by atoms with Gasteiger partial charge >= 0.3 is 6.03 Å². The zero-order chi connectivity index (χ0) is 19.6. The summed E-state index contributed by atoms with van der Waals surface area (Å²) in [7, 11) is 2.97. The van der Waals surface area contributed by atoms with Gasteiger partial charge in [0.05, 0.1) is 19.9 Å². The number of hydrogen-bond donors (Lipinski definition) is 1. The van der Waals surface area contributed by atoms with E-state index in [1.165, 1.54) is 20.3 Å². The van der Waals surface area contributed by atoms with Crippen molar-refractivity contribution in [1.82, 2.24) is 5.32 Å². The fourth-order valence-electron chi connectivity index (χ4n) is 2.60. The Hall–Kier alpha value is -3.32. The van der Waals surface area contributed by atoms with Crippen LogP contribution in [0.1, 0.15) is 5.56 Å². The minimum absolute atomic E-state index is 0.217. The fraction of sp³-hybridized carbons (Fsp3) is 0.105. The molecule has 0 spiro atoms. The van der Waals surface area contributed by atoms with Crippen LogP contribution in [-0.2, 0) is 9.59 Å². The Morgan fingerprint density at radius 2 is 1.70 bits per heavy atom. The van der Waals surface area contributed by atoms with Gasteiger partial charge in [0, 0.05) is 10.6 Å². The predicted octanol–water partition coefficient (Wildman–Crippen LogP) is 3.02. The maximum absolute atomic E-state index is 12.9. The maximum Gasteiger partial charge on any atom is 0.335 e. The van der Waals surface area contributed by atoms with Gasteiger partial charge in [0.1, 0.15) is 17.1 Å². The third-order valence-electron chi connectivity index (χ3n) is 3.92. The summed E-state index contributed by atoms with van der Waals surface area (Å²) in [5.74, 6) is -0.549. The molecule has 2 aromatic carbocycles. The Balaban J connectivity index is 2.03. The molecule has 1 aliphatic heterocycles. The number of ether oxygens (including phenoxy) is 2. The molecule has 0 aliphatic carbocycles. The van der Waals surface area contributed by atoms with Gasteiger partial charge in [-0.05, 0) is 48.5 Å². The third kappa shape index (κ3) is 3.63. The smallest absolute Gasteiger partial charge is 0.335 e. The van der Waals surface area contributed by atoms with Crippen LogP contribution in [0.15, 0.2) is 48.0 Å². The van der Waals surface area contributed by atoms with Gasteiger partial charge in [0.25, 0.3) is 11.8 Å². The number of hydrogen-bond acceptors (Lipinski definition) is 5. The van der Waals surface area contributed by atoms with E-state index >= 15 is 0 Å². The summed E-state index contributed by atoms with van der Waals surface area (Å²) >= 11 is 5.99. The van der Waals surface area contributed by atoms with Crippen molar-refractivity contribution in [2.24, 2.45) is 0 Å². The summed E-state index contributed by atoms with van der Waals surface area (Å²) in [5.41, 5.74) is 0.522. The number of methoxy groups -OCH3 is 2. The zero-order valence-corrected chi connectivity index (χ0v) is 15.2. The van der Waals surface area contributed by atoms with Crippen molar-refractivity contribution < 1.29 is 23.9 Å². The quantitative estimate of drug-likeness (QED) is 0.645. The van der Waals surface area contributed by atoms with Crippen LogP contribution in [0.3, 0.4) is 0 Å². The number of nitrogens with zero attached hydrogens (tertiary/aromatic N) is 1. The molecule has 0 unspecified atom stereocenters. The lowest BCUT2D eigenvalue weighted by Gasteiger charge is -2.26. The minimum Gasteiger partial charge on any atom is -0.497 e. The highest BCUT2D eigenvalue weighted by molar-refractivity contribution is 6.39. The molecule has 7 nitrogen and oxygen atoms in total. The lowest BCUT2D eigenvalue weighted by Crippen LogP contribution is -2.54. The second kappa shape index (κ2) is 7.51. The van der Waals surface area contributed by atoms with Crippen molar-refractivity contribution in [3.05, 3.63) is 58.6 Å². The molecule has 138 valence electrons. The van der Waals surface area contributed by atoms with Crippen molar-refractivity contribution in [1.29, 1.82) is 0 Å². The van der Waals surface area contributed by atoms with E-state index in [0.29, 0.717) is 27.8 Å². The molecule has 27 heavy (non-hydrogen) atoms. The van der Waals surface area contributed by atoms with E-state index in [9.17, 15) is 14.4 Å². The van der Waals surface area contributed by atoms with E-state index < -0.39 is 17.8 Å². The summed E-state index contributed by atoms with van der Waals surface area (Å²) in [6, 6.07) is 10.3. The lowest BCUT2D eigenvalue weighted by atomic mass is 10.1. The zero-order valence-electron chi connectivity index (χ0n) is 14.5. The van der Waals surface area contributed by atoms with E-state index in [2.05, 4.69) is 5.32 Å². The Bertz CT molecular complexity index is 953. The SMILES string of the molecule is COc1ccc(N2C(=O)NC(=O)/C(=C\c3cc(Cl)ccc3OC)C2=O)cc1. The molecule has 1 saturated heterocycles. The molecule has 1 aliphatic rings. The summed E-state index contributed by atoms with van der Waals surface area (Å²) < 4.78 is 10.3. The maximum atomic E-state index is 12.9. The summed E-state index contributed by atoms with van der Waals surface area (Å²) in [6.45, 7) is 0. The molecular formula is C19H15ClN2O5. The molecule has 0 radical (unpaired) electrons. The number of carbonyl (C=O) groups excluding carboxylic acids is 3. The molecule has 3 rings (SSSR count). The largest absolute Gasteiger partial charge is 0.497 e. The molecule has 1 heterocycles. The number of barbiturate groups is 1. The average molecular weight is 387 g/mol. The van der Waals surface area contributed by atoms with Gasteiger partial charge in [-0.15, -0.1) is 0 Å². The summed E-state index contributed by atoms with van der Waals surface area (Å²) in [4.78, 5) is 38.2. The highest BCUT2D eigenvalue weighted by Gasteiger charge is 2.37. The number of benzene rings is 2. The predicted molar refractivity (Wildman–Crippen MR) is 100.0 cm³/mol. The number of imide groups is 2. The van der Waals surface area contributed by atoms with E-state index in [4.69, 9.17) is 21.1 Å². The van der Waals surface area contributed by atoms with Crippen molar-refractivity contribution in [2.75, 3.05) is 19.1 Å². The molecule has 0 bridgehead atoms. The first-order valence-electron chi connectivity index (χ1n) is 7.83. The Morgan fingerprint density at radius 3 is 2.33 bits per heavy atom. The first kappa shape index (κ1) is 18.5. The fourth-order valence-corrected chi connectivity index (χ4v) is 2.78. The van der Waals surface area contributed by atoms with E-state index in [0.717, 1.165) is 4.90 Å². The minimum atomic E-state index is -0.828. The Kier molecular flexibility index (Phi) is 5.14. The third-order valence-corrected chi connectivity index (χ3v) is 4.16. The summed E-state index contributed by atoms with van der Waals surface area (Å²) in [5, 5.41) is 2.57. The molecule has 1 fully saturated rings. The average Bonchev–Trinajstić information content (AvgIpc) is 2.65. The van der Waals surface area contributed by atoms with Crippen LogP contribution < -0.4 is 19.7 Å². The number of amides is 4. The first-order chi connectivity index (χ1) is 12.9. The van der Waals surface area contributed by atoms with Crippen molar-refractivity contribution >= 4 is 41.2 Å². The number of nitrogens with one attached hydrogen (secondary N) is 1. The van der Waals surface area contributed by atoms with Crippen LogP contribution in [0.4, 0.5) is 10.5 Å². The summed E-state index contributed by atoms with van der Waals surface area (Å²) in [6.07, 6.45) is 1.34. The van der Waals surface area contributed by atoms with Crippen LogP contribution in [-0.4, -0.2) is 32.1 Å². The van der Waals surface area contributed by atoms with E-state index in [-0.39, 0.29) is 5.57 Å². The second-order valence-electron chi connectivity index (χ2n) is 5.54.